The standard InChI is InChI=1S/C25H43N3O10S/c1-5-7-11-36-21(30)13-19(25(35)37-12-8-6-2)39-15-18(23(32)27-14-22(31)38-16(3)4)28-20(29)10-9-17(26)24(33)34/h16-19H,5-15,26H2,1-4H3,(H,27,32)(H,28,29)(H,33,34)/t17-,18-,19?/m0/s1. The van der Waals surface area contributed by atoms with Crippen molar-refractivity contribution in [2.45, 2.75) is 96.1 Å². The monoisotopic (exact) mass is 577 g/mol. The maximum absolute atomic E-state index is 12.8. The molecule has 0 aliphatic heterocycles. The number of carboxylic acid groups (broad SMARTS) is 1. The molecule has 0 fully saturated rings. The zero-order chi connectivity index (χ0) is 29.8. The van der Waals surface area contributed by atoms with E-state index in [2.05, 4.69) is 10.6 Å². The van der Waals surface area contributed by atoms with Crippen molar-refractivity contribution in [1.82, 2.24) is 10.6 Å². The van der Waals surface area contributed by atoms with Gasteiger partial charge in [-0.25, -0.2) is 0 Å². The number of carbonyl (C=O) groups is 6. The zero-order valence-corrected chi connectivity index (χ0v) is 24.0. The summed E-state index contributed by atoms with van der Waals surface area (Å²) in [4.78, 5) is 73.0. The number of carboxylic acids is 1. The third-order valence-corrected chi connectivity index (χ3v) is 6.29. The fraction of sp³-hybridized carbons (Fsp3) is 0.760. The van der Waals surface area contributed by atoms with Gasteiger partial charge >= 0.3 is 23.9 Å². The van der Waals surface area contributed by atoms with Gasteiger partial charge in [0.1, 0.15) is 23.9 Å². The number of rotatable bonds is 21. The maximum atomic E-state index is 12.8. The van der Waals surface area contributed by atoms with Crippen LogP contribution in [0.2, 0.25) is 0 Å². The number of nitrogens with two attached hydrogens (primary N) is 1. The zero-order valence-electron chi connectivity index (χ0n) is 23.2. The average molecular weight is 578 g/mol. The first-order chi connectivity index (χ1) is 18.4. The molecule has 0 aromatic rings. The summed E-state index contributed by atoms with van der Waals surface area (Å²) in [6.07, 6.45) is 1.79. The van der Waals surface area contributed by atoms with Gasteiger partial charge in [0.25, 0.3) is 0 Å². The molecular weight excluding hydrogens is 534 g/mol. The minimum Gasteiger partial charge on any atom is -0.480 e. The molecule has 0 rings (SSSR count). The minimum atomic E-state index is -1.27. The molecule has 0 bridgehead atoms. The lowest BCUT2D eigenvalue weighted by Gasteiger charge is -2.21. The van der Waals surface area contributed by atoms with Crippen LogP contribution >= 0.6 is 11.8 Å². The second-order valence-electron chi connectivity index (χ2n) is 8.98. The van der Waals surface area contributed by atoms with Gasteiger partial charge in [-0.1, -0.05) is 26.7 Å². The van der Waals surface area contributed by atoms with Gasteiger partial charge in [-0.05, 0) is 33.1 Å². The van der Waals surface area contributed by atoms with Crippen LogP contribution in [0.5, 0.6) is 0 Å². The third-order valence-electron chi connectivity index (χ3n) is 5.01. The number of hydrogen-bond donors (Lipinski definition) is 4. The van der Waals surface area contributed by atoms with Gasteiger partial charge in [0, 0.05) is 12.2 Å². The summed E-state index contributed by atoms with van der Waals surface area (Å²) in [5, 5.41) is 12.8. The van der Waals surface area contributed by atoms with E-state index in [-0.39, 0.29) is 38.2 Å². The number of amides is 2. The molecule has 2 amide bonds. The molecule has 0 aromatic heterocycles. The number of esters is 3. The van der Waals surface area contributed by atoms with Gasteiger partial charge in [0.15, 0.2) is 0 Å². The molecular formula is C25H43N3O10S. The van der Waals surface area contributed by atoms with Crippen LogP contribution in [-0.2, 0) is 43.0 Å². The lowest BCUT2D eigenvalue weighted by atomic mass is 10.1. The number of ether oxygens (including phenoxy) is 3. The molecule has 39 heavy (non-hydrogen) atoms. The molecule has 0 aliphatic carbocycles. The average Bonchev–Trinajstić information content (AvgIpc) is 2.86. The fourth-order valence-corrected chi connectivity index (χ4v) is 3.94. The Labute approximate surface area is 233 Å². The van der Waals surface area contributed by atoms with E-state index in [0.29, 0.717) is 12.8 Å². The van der Waals surface area contributed by atoms with Crippen LogP contribution in [0.15, 0.2) is 0 Å². The summed E-state index contributed by atoms with van der Waals surface area (Å²) in [6, 6.07) is -2.48. The SMILES string of the molecule is CCCCOC(=O)CC(SC[C@H](NC(=O)CC[C@H](N)C(=O)O)C(=O)NCC(=O)OC(C)C)C(=O)OCCCC. The van der Waals surface area contributed by atoms with Crippen molar-refractivity contribution in [2.24, 2.45) is 5.73 Å². The Morgan fingerprint density at radius 2 is 1.56 bits per heavy atom. The van der Waals surface area contributed by atoms with Crippen LogP contribution in [0, 0.1) is 0 Å². The van der Waals surface area contributed by atoms with E-state index < -0.39 is 65.7 Å². The molecule has 13 nitrogen and oxygen atoms in total. The molecule has 1 unspecified atom stereocenters. The largest absolute Gasteiger partial charge is 0.480 e. The van der Waals surface area contributed by atoms with Crippen molar-refractivity contribution in [3.05, 3.63) is 0 Å². The third kappa shape index (κ3) is 18.1. The van der Waals surface area contributed by atoms with Gasteiger partial charge < -0.3 is 35.7 Å². The summed E-state index contributed by atoms with van der Waals surface area (Å²) in [6.45, 7) is 7.09. The van der Waals surface area contributed by atoms with Gasteiger partial charge in [-0.2, -0.15) is 0 Å². The summed E-state index contributed by atoms with van der Waals surface area (Å²) in [5.41, 5.74) is 5.44. The predicted molar refractivity (Wildman–Crippen MR) is 144 cm³/mol. The molecule has 0 saturated heterocycles. The summed E-state index contributed by atoms with van der Waals surface area (Å²) in [7, 11) is 0. The lowest BCUT2D eigenvalue weighted by molar-refractivity contribution is -0.149. The Balaban J connectivity index is 5.46. The fourth-order valence-electron chi connectivity index (χ4n) is 2.82. The van der Waals surface area contributed by atoms with E-state index in [9.17, 15) is 28.8 Å². The molecule has 0 heterocycles. The molecule has 0 aromatic carbocycles. The number of unbranched alkanes of at least 4 members (excludes halogenated alkanes) is 2. The Morgan fingerprint density at radius 3 is 2.13 bits per heavy atom. The molecule has 0 spiro atoms. The van der Waals surface area contributed by atoms with Crippen molar-refractivity contribution in [1.29, 1.82) is 0 Å². The minimum absolute atomic E-state index is 0.155. The molecule has 5 N–H and O–H groups in total. The predicted octanol–water partition coefficient (Wildman–Crippen LogP) is 0.910. The van der Waals surface area contributed by atoms with Crippen molar-refractivity contribution < 1.29 is 48.1 Å². The maximum Gasteiger partial charge on any atom is 0.325 e. The first-order valence-corrected chi connectivity index (χ1v) is 14.1. The van der Waals surface area contributed by atoms with E-state index in [1.54, 1.807) is 13.8 Å². The molecule has 3 atom stereocenters. The van der Waals surface area contributed by atoms with Crippen LogP contribution in [0.25, 0.3) is 0 Å². The van der Waals surface area contributed by atoms with Crippen molar-refractivity contribution in [3.63, 3.8) is 0 Å². The van der Waals surface area contributed by atoms with Crippen molar-refractivity contribution >= 4 is 47.5 Å². The molecule has 0 radical (unpaired) electrons. The lowest BCUT2D eigenvalue weighted by Crippen LogP contribution is -2.50. The Morgan fingerprint density at radius 1 is 0.949 bits per heavy atom. The van der Waals surface area contributed by atoms with Gasteiger partial charge in [0.2, 0.25) is 11.8 Å². The smallest absolute Gasteiger partial charge is 0.325 e. The van der Waals surface area contributed by atoms with Crippen molar-refractivity contribution in [3.8, 4) is 0 Å². The number of aliphatic carboxylic acids is 1. The first-order valence-electron chi connectivity index (χ1n) is 13.1. The first kappa shape index (κ1) is 36.1. The van der Waals surface area contributed by atoms with Gasteiger partial charge in [0.05, 0.1) is 25.7 Å². The second kappa shape index (κ2) is 21.0. The van der Waals surface area contributed by atoms with Crippen LogP contribution in [-0.4, -0.2) is 89.7 Å². The van der Waals surface area contributed by atoms with Crippen LogP contribution in [0.3, 0.4) is 0 Å². The summed E-state index contributed by atoms with van der Waals surface area (Å²) in [5.74, 6) is -4.75. The van der Waals surface area contributed by atoms with E-state index >= 15 is 0 Å². The Kier molecular flexibility index (Phi) is 19.5. The molecule has 224 valence electrons. The van der Waals surface area contributed by atoms with E-state index in [1.165, 1.54) is 0 Å². The highest BCUT2D eigenvalue weighted by Gasteiger charge is 2.29. The quantitative estimate of drug-likeness (QED) is 0.0855. The van der Waals surface area contributed by atoms with Gasteiger partial charge in [-0.3, -0.25) is 28.8 Å². The number of thioether (sulfide) groups is 1. The van der Waals surface area contributed by atoms with E-state index in [0.717, 1.165) is 24.6 Å². The molecule has 14 heteroatoms. The van der Waals surface area contributed by atoms with Crippen LogP contribution < -0.4 is 16.4 Å². The Bertz CT molecular complexity index is 809. The number of carbonyl (C=O) groups excluding carboxylic acids is 5. The molecule has 0 aliphatic rings. The molecule has 0 saturated carbocycles. The van der Waals surface area contributed by atoms with Gasteiger partial charge in [-0.15, -0.1) is 11.8 Å². The van der Waals surface area contributed by atoms with Crippen LogP contribution in [0.4, 0.5) is 0 Å². The summed E-state index contributed by atoms with van der Waals surface area (Å²) < 4.78 is 15.4. The Hall–Kier alpha value is -2.87. The van der Waals surface area contributed by atoms with Crippen LogP contribution in [0.1, 0.15) is 72.6 Å². The topological polar surface area (TPSA) is 200 Å². The number of nitrogens with one attached hydrogen (secondary N) is 2. The van der Waals surface area contributed by atoms with Crippen molar-refractivity contribution in [2.75, 3.05) is 25.5 Å². The number of hydrogen-bond acceptors (Lipinski definition) is 11. The highest BCUT2D eigenvalue weighted by Crippen LogP contribution is 2.19. The van der Waals surface area contributed by atoms with E-state index in [1.807, 2.05) is 13.8 Å². The highest BCUT2D eigenvalue weighted by molar-refractivity contribution is 8.00. The summed E-state index contributed by atoms with van der Waals surface area (Å²) >= 11 is 0.922. The van der Waals surface area contributed by atoms with E-state index in [4.69, 9.17) is 25.1 Å². The second-order valence-corrected chi connectivity index (χ2v) is 10.2. The normalized spacial score (nSPS) is 13.1. The highest BCUT2D eigenvalue weighted by atomic mass is 32.2.